The summed E-state index contributed by atoms with van der Waals surface area (Å²) in [6.45, 7) is 0.475. The predicted octanol–water partition coefficient (Wildman–Crippen LogP) is 6.99. The molecule has 0 fully saturated rings. The fourth-order valence-electron chi connectivity index (χ4n) is 4.23. The Morgan fingerprint density at radius 2 is 1.72 bits per heavy atom. The lowest BCUT2D eigenvalue weighted by Crippen LogP contribution is -2.38. The molecule has 1 aliphatic rings. The summed E-state index contributed by atoms with van der Waals surface area (Å²) < 4.78 is 2.19. The number of halogens is 1. The lowest BCUT2D eigenvalue weighted by molar-refractivity contribution is 0.194. The van der Waals surface area contributed by atoms with Crippen LogP contribution in [0.3, 0.4) is 0 Å². The molecule has 4 aromatic rings. The minimum atomic E-state index is -0.254. The molecule has 1 N–H and O–H groups in total. The molecule has 0 saturated carbocycles. The monoisotopic (exact) mass is 459 g/mol. The number of carbonyl (C=O) groups excluding carboxylic acids is 1. The molecule has 6 heteroatoms. The highest BCUT2D eigenvalue weighted by Gasteiger charge is 2.33. The van der Waals surface area contributed by atoms with Gasteiger partial charge in [0, 0.05) is 16.8 Å². The van der Waals surface area contributed by atoms with Gasteiger partial charge >= 0.3 is 6.03 Å². The van der Waals surface area contributed by atoms with Crippen LogP contribution in [0, 0.1) is 0 Å². The van der Waals surface area contributed by atoms with Crippen molar-refractivity contribution in [2.75, 3.05) is 11.6 Å². The largest absolute Gasteiger partial charge is 0.323 e. The summed E-state index contributed by atoms with van der Waals surface area (Å²) in [6.07, 6.45) is 4.12. The summed E-state index contributed by atoms with van der Waals surface area (Å²) >= 11 is 8.03. The minimum Gasteiger partial charge on any atom is -0.318 e. The number of rotatable bonds is 3. The van der Waals surface area contributed by atoms with E-state index in [0.29, 0.717) is 17.3 Å². The van der Waals surface area contributed by atoms with Crippen LogP contribution in [0.2, 0.25) is 5.02 Å². The first-order valence-corrected chi connectivity index (χ1v) is 12.0. The van der Waals surface area contributed by atoms with E-state index < -0.39 is 0 Å². The molecule has 0 bridgehead atoms. The van der Waals surface area contributed by atoms with E-state index in [-0.39, 0.29) is 12.1 Å². The number of nitrogens with one attached hydrogen (secondary N) is 1. The summed E-state index contributed by atoms with van der Waals surface area (Å²) in [5.74, 6) is 0. The number of benzene rings is 3. The number of amides is 2. The lowest BCUT2D eigenvalue weighted by atomic mass is 10.0. The molecule has 0 spiro atoms. The molecular weight excluding hydrogens is 438 g/mol. The van der Waals surface area contributed by atoms with Gasteiger partial charge in [-0.15, -0.1) is 11.8 Å². The van der Waals surface area contributed by atoms with E-state index in [9.17, 15) is 4.79 Å². The van der Waals surface area contributed by atoms with Crippen molar-refractivity contribution in [3.63, 3.8) is 0 Å². The first-order valence-electron chi connectivity index (χ1n) is 10.4. The molecule has 1 aliphatic heterocycles. The molecule has 3 aromatic carbocycles. The van der Waals surface area contributed by atoms with Gasteiger partial charge in [-0.2, -0.15) is 0 Å². The third-order valence-corrected chi connectivity index (χ3v) is 6.84. The number of nitrogens with zero attached hydrogens (tertiary/aromatic N) is 2. The van der Waals surface area contributed by atoms with Crippen molar-refractivity contribution in [2.45, 2.75) is 17.5 Å². The van der Waals surface area contributed by atoms with E-state index in [1.54, 1.807) is 17.8 Å². The number of hydrogen-bond donors (Lipinski definition) is 1. The Balaban J connectivity index is 1.63. The summed E-state index contributed by atoms with van der Waals surface area (Å²) in [5, 5.41) is 3.54. The molecule has 0 aliphatic carbocycles. The smallest absolute Gasteiger partial charge is 0.318 e. The maximum absolute atomic E-state index is 13.7. The fourth-order valence-corrected chi connectivity index (χ4v) is 4.82. The van der Waals surface area contributed by atoms with Gasteiger partial charge in [0.1, 0.15) is 0 Å². The third kappa shape index (κ3) is 3.78. The van der Waals surface area contributed by atoms with Crippen molar-refractivity contribution in [3.8, 4) is 5.69 Å². The van der Waals surface area contributed by atoms with Gasteiger partial charge in [0.25, 0.3) is 0 Å². The summed E-state index contributed by atoms with van der Waals surface area (Å²) in [7, 11) is 0. The van der Waals surface area contributed by atoms with Crippen LogP contribution in [0.1, 0.15) is 22.9 Å². The molecule has 2 heterocycles. The van der Waals surface area contributed by atoms with Crippen molar-refractivity contribution in [2.24, 2.45) is 0 Å². The first-order chi connectivity index (χ1) is 15.7. The fraction of sp³-hybridized carbons (Fsp3) is 0.115. The van der Waals surface area contributed by atoms with E-state index >= 15 is 0 Å². The summed E-state index contributed by atoms with van der Waals surface area (Å²) in [6, 6.07) is 27.6. The van der Waals surface area contributed by atoms with Gasteiger partial charge in [0.2, 0.25) is 0 Å². The zero-order valence-electron chi connectivity index (χ0n) is 17.5. The van der Waals surface area contributed by atoms with Gasteiger partial charge in [0.05, 0.1) is 29.0 Å². The second kappa shape index (κ2) is 8.77. The molecule has 5 rings (SSSR count). The number of urea groups is 1. The van der Waals surface area contributed by atoms with Gasteiger partial charge in [-0.3, -0.25) is 0 Å². The van der Waals surface area contributed by atoms with Gasteiger partial charge in [-0.25, -0.2) is 4.79 Å². The average molecular weight is 460 g/mol. The van der Waals surface area contributed by atoms with E-state index in [2.05, 4.69) is 64.8 Å². The minimum absolute atomic E-state index is 0.193. The molecule has 160 valence electrons. The first kappa shape index (κ1) is 20.7. The highest BCUT2D eigenvalue weighted by atomic mass is 35.5. The van der Waals surface area contributed by atoms with Crippen molar-refractivity contribution in [1.82, 2.24) is 9.47 Å². The summed E-state index contributed by atoms with van der Waals surface area (Å²) in [5.41, 5.74) is 4.88. The molecule has 0 radical (unpaired) electrons. The highest BCUT2D eigenvalue weighted by molar-refractivity contribution is 7.98. The van der Waals surface area contributed by atoms with Crippen LogP contribution in [0.4, 0.5) is 10.5 Å². The molecule has 2 amide bonds. The van der Waals surface area contributed by atoms with E-state index in [1.807, 2.05) is 41.3 Å². The Kier molecular flexibility index (Phi) is 5.68. The second-order valence-corrected chi connectivity index (χ2v) is 8.93. The molecule has 0 saturated heterocycles. The molecule has 1 unspecified atom stereocenters. The highest BCUT2D eigenvalue weighted by Crippen LogP contribution is 2.37. The van der Waals surface area contributed by atoms with Gasteiger partial charge in [0.15, 0.2) is 0 Å². The number of aromatic nitrogens is 1. The topological polar surface area (TPSA) is 37.3 Å². The van der Waals surface area contributed by atoms with Crippen LogP contribution in [0.15, 0.2) is 96.0 Å². The van der Waals surface area contributed by atoms with Crippen LogP contribution in [0.25, 0.3) is 5.69 Å². The Bertz CT molecular complexity index is 1270. The molecule has 1 aromatic heterocycles. The number of hydrogen-bond acceptors (Lipinski definition) is 2. The van der Waals surface area contributed by atoms with Crippen LogP contribution in [-0.2, 0) is 6.54 Å². The lowest BCUT2D eigenvalue weighted by Gasteiger charge is -2.31. The van der Waals surface area contributed by atoms with Gasteiger partial charge < -0.3 is 14.8 Å². The van der Waals surface area contributed by atoms with E-state index in [0.717, 1.165) is 22.5 Å². The van der Waals surface area contributed by atoms with Crippen LogP contribution in [-0.4, -0.2) is 21.8 Å². The SMILES string of the molecule is CSc1ccc(C2c3cccn3-c3ccccc3CN2C(=O)Nc2ccccc2Cl)cc1. The Morgan fingerprint density at radius 3 is 2.50 bits per heavy atom. The van der Waals surface area contributed by atoms with Gasteiger partial charge in [-0.05, 0) is 59.8 Å². The second-order valence-electron chi connectivity index (χ2n) is 7.65. The predicted molar refractivity (Wildman–Crippen MR) is 132 cm³/mol. The average Bonchev–Trinajstić information content (AvgIpc) is 3.25. The van der Waals surface area contributed by atoms with Gasteiger partial charge in [-0.1, -0.05) is 54.1 Å². The number of thioether (sulfide) groups is 1. The van der Waals surface area contributed by atoms with Crippen LogP contribution >= 0.6 is 23.4 Å². The Labute approximate surface area is 196 Å². The number of fused-ring (bicyclic) bond motifs is 3. The third-order valence-electron chi connectivity index (χ3n) is 5.77. The summed E-state index contributed by atoms with van der Waals surface area (Å²) in [4.78, 5) is 16.7. The van der Waals surface area contributed by atoms with Crippen LogP contribution in [0.5, 0.6) is 0 Å². The van der Waals surface area contributed by atoms with Crippen molar-refractivity contribution < 1.29 is 4.79 Å². The zero-order chi connectivity index (χ0) is 22.1. The van der Waals surface area contributed by atoms with Crippen LogP contribution < -0.4 is 5.32 Å². The van der Waals surface area contributed by atoms with E-state index in [1.165, 1.54) is 4.90 Å². The van der Waals surface area contributed by atoms with E-state index in [4.69, 9.17) is 11.6 Å². The molecule has 4 nitrogen and oxygen atoms in total. The molecular formula is C26H22ClN3OS. The molecule has 1 atom stereocenters. The van der Waals surface area contributed by atoms with Crippen molar-refractivity contribution >= 4 is 35.1 Å². The Morgan fingerprint density at radius 1 is 0.969 bits per heavy atom. The maximum Gasteiger partial charge on any atom is 0.323 e. The zero-order valence-corrected chi connectivity index (χ0v) is 19.1. The van der Waals surface area contributed by atoms with Crippen molar-refractivity contribution in [3.05, 3.63) is 113 Å². The quantitative estimate of drug-likeness (QED) is 0.335. The standard InChI is InChI=1S/C26H22ClN3OS/c1-32-20-14-12-18(13-15-20)25-24-11-6-16-29(24)23-10-5-2-7-19(23)17-30(25)26(31)28-22-9-4-3-8-21(22)27/h2-16,25H,17H2,1H3,(H,28,31). The maximum atomic E-state index is 13.7. The number of para-hydroxylation sites is 2. The molecule has 32 heavy (non-hydrogen) atoms. The number of anilines is 1. The Hall–Kier alpha value is -3.15. The normalized spacial score (nSPS) is 14.9. The number of carbonyl (C=O) groups is 1. The van der Waals surface area contributed by atoms with Crippen molar-refractivity contribution in [1.29, 1.82) is 0 Å².